The molecule has 3 heterocycles. The van der Waals surface area contributed by atoms with Crippen LogP contribution < -0.4 is 10.1 Å². The molecule has 0 bridgehead atoms. The van der Waals surface area contributed by atoms with Crippen LogP contribution in [0.1, 0.15) is 28.4 Å². The van der Waals surface area contributed by atoms with Gasteiger partial charge in [-0.05, 0) is 25.5 Å². The van der Waals surface area contributed by atoms with Crippen molar-refractivity contribution in [1.29, 1.82) is 0 Å². The summed E-state index contributed by atoms with van der Waals surface area (Å²) in [7, 11) is 1.72. The average Bonchev–Trinajstić information content (AvgIpc) is 2.59. The van der Waals surface area contributed by atoms with Gasteiger partial charge in [-0.15, -0.1) is 24.8 Å². The number of methoxy groups -OCH3 is 1. The molecule has 1 saturated heterocycles. The van der Waals surface area contributed by atoms with Crippen LogP contribution in [0.15, 0.2) is 30.7 Å². The number of aromatic nitrogens is 2. The fourth-order valence-electron chi connectivity index (χ4n) is 3.26. The second-order valence-corrected chi connectivity index (χ2v) is 6.02. The topological polar surface area (TPSA) is 50.3 Å². The molecule has 0 aliphatic carbocycles. The molecule has 7 heteroatoms. The Balaban J connectivity index is 0.00000156. The number of halogens is 2. The van der Waals surface area contributed by atoms with Crippen LogP contribution in [0, 0.1) is 13.8 Å². The predicted molar refractivity (Wildman–Crippen MR) is 105 cm³/mol. The molecule has 1 aliphatic heterocycles. The van der Waals surface area contributed by atoms with E-state index in [2.05, 4.69) is 33.2 Å². The van der Waals surface area contributed by atoms with E-state index in [0.717, 1.165) is 48.7 Å². The summed E-state index contributed by atoms with van der Waals surface area (Å²) in [5, 5.41) is 3.48. The summed E-state index contributed by atoms with van der Waals surface area (Å²) in [6.07, 6.45) is 5.68. The van der Waals surface area contributed by atoms with E-state index in [9.17, 15) is 0 Å². The third kappa shape index (κ3) is 4.82. The van der Waals surface area contributed by atoms with Crippen molar-refractivity contribution in [1.82, 2.24) is 20.2 Å². The number of ether oxygens (including phenoxy) is 1. The lowest BCUT2D eigenvalue weighted by Crippen LogP contribution is -2.45. The van der Waals surface area contributed by atoms with E-state index in [-0.39, 0.29) is 24.8 Å². The first-order valence-corrected chi connectivity index (χ1v) is 8.04. The maximum absolute atomic E-state index is 5.54. The van der Waals surface area contributed by atoms with Gasteiger partial charge in [0.2, 0.25) is 0 Å². The van der Waals surface area contributed by atoms with Gasteiger partial charge in [0.25, 0.3) is 0 Å². The van der Waals surface area contributed by atoms with Gasteiger partial charge in [-0.25, -0.2) is 0 Å². The van der Waals surface area contributed by atoms with Crippen molar-refractivity contribution in [2.75, 3.05) is 26.7 Å². The minimum Gasteiger partial charge on any atom is -0.496 e. The summed E-state index contributed by atoms with van der Waals surface area (Å²) in [4.78, 5) is 11.4. The molecule has 0 saturated carbocycles. The van der Waals surface area contributed by atoms with E-state index in [4.69, 9.17) is 4.74 Å². The number of piperazine rings is 1. The molecule has 5 nitrogen and oxygen atoms in total. The Labute approximate surface area is 162 Å². The van der Waals surface area contributed by atoms with Gasteiger partial charge >= 0.3 is 0 Å². The third-order valence-corrected chi connectivity index (χ3v) is 4.53. The van der Waals surface area contributed by atoms with Crippen LogP contribution in [0.25, 0.3) is 0 Å². The highest BCUT2D eigenvalue weighted by molar-refractivity contribution is 5.85. The van der Waals surface area contributed by atoms with Crippen molar-refractivity contribution in [3.05, 3.63) is 53.1 Å². The molecule has 1 atom stereocenters. The minimum atomic E-state index is 0. The van der Waals surface area contributed by atoms with Crippen molar-refractivity contribution >= 4 is 24.8 Å². The first kappa shape index (κ1) is 21.6. The maximum Gasteiger partial charge on any atom is 0.128 e. The molecule has 1 N–H and O–H groups in total. The van der Waals surface area contributed by atoms with Crippen molar-refractivity contribution in [2.24, 2.45) is 0 Å². The third-order valence-electron chi connectivity index (χ3n) is 4.53. The van der Waals surface area contributed by atoms with Gasteiger partial charge in [0.1, 0.15) is 5.75 Å². The van der Waals surface area contributed by atoms with Gasteiger partial charge in [0.05, 0.1) is 12.8 Å². The van der Waals surface area contributed by atoms with Gasteiger partial charge in [0.15, 0.2) is 0 Å². The average molecular weight is 385 g/mol. The van der Waals surface area contributed by atoms with Gasteiger partial charge in [0, 0.05) is 61.9 Å². The van der Waals surface area contributed by atoms with Crippen LogP contribution >= 0.6 is 24.8 Å². The van der Waals surface area contributed by atoms with Crippen molar-refractivity contribution in [2.45, 2.75) is 26.4 Å². The van der Waals surface area contributed by atoms with E-state index < -0.39 is 0 Å². The van der Waals surface area contributed by atoms with E-state index >= 15 is 0 Å². The first-order chi connectivity index (χ1) is 11.2. The van der Waals surface area contributed by atoms with Crippen molar-refractivity contribution in [3.8, 4) is 5.75 Å². The Morgan fingerprint density at radius 2 is 2.08 bits per heavy atom. The molecule has 2 aromatic heterocycles. The van der Waals surface area contributed by atoms with Crippen LogP contribution in [0.5, 0.6) is 5.75 Å². The molecule has 2 aromatic rings. The number of hydrogen-bond acceptors (Lipinski definition) is 5. The summed E-state index contributed by atoms with van der Waals surface area (Å²) in [5.41, 5.74) is 4.55. The van der Waals surface area contributed by atoms with Gasteiger partial charge < -0.3 is 10.1 Å². The molecule has 138 valence electrons. The zero-order valence-corrected chi connectivity index (χ0v) is 16.5. The Bertz CT molecular complexity index is 670. The lowest BCUT2D eigenvalue weighted by atomic mass is 10.0. The number of rotatable bonds is 4. The standard InChI is InChI=1S/C18H24N4O.2ClH/c1-13-9-21-16(14(2)18(13)23-3)12-22-8-7-20-11-17(22)15-5-4-6-19-10-15;;/h4-6,9-10,17,20H,7-8,11-12H2,1-3H3;2*1H. The lowest BCUT2D eigenvalue weighted by molar-refractivity contribution is 0.151. The zero-order valence-electron chi connectivity index (χ0n) is 14.9. The van der Waals surface area contributed by atoms with Gasteiger partial charge in [-0.3, -0.25) is 14.9 Å². The number of nitrogens with zero attached hydrogens (tertiary/aromatic N) is 3. The summed E-state index contributed by atoms with van der Waals surface area (Å²) in [5.74, 6) is 0.947. The molecule has 3 rings (SSSR count). The fourth-order valence-corrected chi connectivity index (χ4v) is 3.26. The number of pyridine rings is 2. The first-order valence-electron chi connectivity index (χ1n) is 8.04. The molecule has 0 spiro atoms. The number of hydrogen-bond donors (Lipinski definition) is 1. The normalized spacial score (nSPS) is 17.3. The quantitative estimate of drug-likeness (QED) is 0.877. The SMILES string of the molecule is COc1c(C)cnc(CN2CCNCC2c2cccnc2)c1C.Cl.Cl. The van der Waals surface area contributed by atoms with E-state index in [1.54, 1.807) is 7.11 Å². The molecular formula is C18H26Cl2N4O. The smallest absolute Gasteiger partial charge is 0.128 e. The molecular weight excluding hydrogens is 359 g/mol. The monoisotopic (exact) mass is 384 g/mol. The van der Waals surface area contributed by atoms with Crippen LogP contribution in [-0.2, 0) is 6.54 Å². The second-order valence-electron chi connectivity index (χ2n) is 6.02. The molecule has 0 amide bonds. The van der Waals surface area contributed by atoms with Crippen molar-refractivity contribution in [3.63, 3.8) is 0 Å². The summed E-state index contributed by atoms with van der Waals surface area (Å²) >= 11 is 0. The minimum absolute atomic E-state index is 0. The summed E-state index contributed by atoms with van der Waals surface area (Å²) in [6.45, 7) is 7.88. The molecule has 1 fully saturated rings. The predicted octanol–water partition coefficient (Wildman–Crippen LogP) is 3.09. The zero-order chi connectivity index (χ0) is 16.2. The highest BCUT2D eigenvalue weighted by atomic mass is 35.5. The molecule has 1 unspecified atom stereocenters. The van der Waals surface area contributed by atoms with Crippen LogP contribution in [0.2, 0.25) is 0 Å². The Morgan fingerprint density at radius 3 is 2.76 bits per heavy atom. The second kappa shape index (κ2) is 9.92. The number of nitrogens with one attached hydrogen (secondary N) is 1. The van der Waals surface area contributed by atoms with Crippen LogP contribution in [0.4, 0.5) is 0 Å². The molecule has 0 radical (unpaired) electrons. The van der Waals surface area contributed by atoms with Gasteiger partial charge in [-0.2, -0.15) is 0 Å². The van der Waals surface area contributed by atoms with Crippen LogP contribution in [-0.4, -0.2) is 41.6 Å². The molecule has 0 aromatic carbocycles. The van der Waals surface area contributed by atoms with E-state index in [1.165, 1.54) is 5.56 Å². The van der Waals surface area contributed by atoms with Crippen LogP contribution in [0.3, 0.4) is 0 Å². The van der Waals surface area contributed by atoms with E-state index in [0.29, 0.717) is 6.04 Å². The van der Waals surface area contributed by atoms with Gasteiger partial charge in [-0.1, -0.05) is 6.07 Å². The largest absolute Gasteiger partial charge is 0.496 e. The Morgan fingerprint density at radius 1 is 1.28 bits per heavy atom. The summed E-state index contributed by atoms with van der Waals surface area (Å²) in [6, 6.07) is 4.47. The van der Waals surface area contributed by atoms with Crippen molar-refractivity contribution < 1.29 is 4.74 Å². The lowest BCUT2D eigenvalue weighted by Gasteiger charge is -2.36. The van der Waals surface area contributed by atoms with E-state index in [1.807, 2.05) is 31.6 Å². The fraction of sp³-hybridized carbons (Fsp3) is 0.444. The highest BCUT2D eigenvalue weighted by Gasteiger charge is 2.25. The Hall–Kier alpha value is -1.40. The number of aryl methyl sites for hydroxylation is 1. The molecule has 1 aliphatic rings. The Kier molecular flexibility index (Phi) is 8.59. The summed E-state index contributed by atoms with van der Waals surface area (Å²) < 4.78 is 5.54. The highest BCUT2D eigenvalue weighted by Crippen LogP contribution is 2.28. The maximum atomic E-state index is 5.54. The molecule has 25 heavy (non-hydrogen) atoms.